The van der Waals surface area contributed by atoms with Crippen molar-refractivity contribution < 1.29 is 19.4 Å². The first-order chi connectivity index (χ1) is 15.5. The van der Waals surface area contributed by atoms with Gasteiger partial charge in [-0.1, -0.05) is 24.3 Å². The molecule has 164 valence electrons. The molecule has 1 saturated carbocycles. The second kappa shape index (κ2) is 7.82. The number of methoxy groups -OCH3 is 1. The van der Waals surface area contributed by atoms with Crippen LogP contribution in [0.4, 0.5) is 0 Å². The lowest BCUT2D eigenvalue weighted by atomic mass is 9.88. The van der Waals surface area contributed by atoms with Crippen molar-refractivity contribution in [2.45, 2.75) is 25.2 Å². The van der Waals surface area contributed by atoms with Gasteiger partial charge in [0.05, 0.1) is 12.7 Å². The highest BCUT2D eigenvalue weighted by Crippen LogP contribution is 2.65. The number of benzene rings is 2. The predicted octanol–water partition coefficient (Wildman–Crippen LogP) is 4.19. The van der Waals surface area contributed by atoms with E-state index in [9.17, 15) is 14.7 Å². The Morgan fingerprint density at radius 2 is 1.88 bits per heavy atom. The summed E-state index contributed by atoms with van der Waals surface area (Å²) in [5, 5.41) is 16.0. The molecular weight excluding hydrogens is 406 g/mol. The first-order valence-electron chi connectivity index (χ1n) is 10.8. The van der Waals surface area contributed by atoms with Crippen LogP contribution in [0.3, 0.4) is 0 Å². The number of ether oxygens (including phenoxy) is 1. The van der Waals surface area contributed by atoms with E-state index < -0.39 is 5.97 Å². The van der Waals surface area contributed by atoms with Crippen molar-refractivity contribution in [1.82, 2.24) is 15.1 Å². The fourth-order valence-electron chi connectivity index (χ4n) is 5.03. The van der Waals surface area contributed by atoms with Crippen LogP contribution in [0.5, 0.6) is 5.75 Å². The monoisotopic (exact) mass is 431 g/mol. The molecular formula is C25H25N3O4. The zero-order valence-corrected chi connectivity index (χ0v) is 17.9. The van der Waals surface area contributed by atoms with Crippen LogP contribution in [0.2, 0.25) is 0 Å². The highest BCUT2D eigenvalue weighted by atomic mass is 16.5. The molecule has 2 aromatic carbocycles. The second-order valence-corrected chi connectivity index (χ2v) is 8.72. The fraction of sp³-hybridized carbons (Fsp3) is 0.320. The van der Waals surface area contributed by atoms with E-state index in [1.807, 2.05) is 17.0 Å². The Kier molecular flexibility index (Phi) is 4.96. The Balaban J connectivity index is 1.28. The van der Waals surface area contributed by atoms with Gasteiger partial charge in [0.1, 0.15) is 11.4 Å². The topological polar surface area (TPSA) is 95.5 Å². The molecule has 32 heavy (non-hydrogen) atoms. The SMILES string of the molecule is COc1ccc(C(=O)O)cc1-c1ccc(C2CC23CCN(C(=O)c2ccn[nH]2)CC3)cc1. The lowest BCUT2D eigenvalue weighted by Gasteiger charge is -2.32. The largest absolute Gasteiger partial charge is 0.496 e. The third-order valence-corrected chi connectivity index (χ3v) is 7.04. The van der Waals surface area contributed by atoms with Gasteiger partial charge in [0.2, 0.25) is 0 Å². The van der Waals surface area contributed by atoms with Gasteiger partial charge in [-0.25, -0.2) is 4.79 Å². The van der Waals surface area contributed by atoms with Gasteiger partial charge < -0.3 is 14.7 Å². The van der Waals surface area contributed by atoms with Gasteiger partial charge in [0, 0.05) is 24.8 Å². The summed E-state index contributed by atoms with van der Waals surface area (Å²) >= 11 is 0. The van der Waals surface area contributed by atoms with Crippen LogP contribution in [-0.4, -0.2) is 52.3 Å². The molecule has 5 rings (SSSR count). The van der Waals surface area contributed by atoms with Gasteiger partial charge in [-0.05, 0) is 66.0 Å². The number of piperidine rings is 1. The molecule has 0 radical (unpaired) electrons. The molecule has 7 nitrogen and oxygen atoms in total. The summed E-state index contributed by atoms with van der Waals surface area (Å²) in [5.74, 6) is 0.229. The number of carbonyl (C=O) groups excluding carboxylic acids is 1. The van der Waals surface area contributed by atoms with Gasteiger partial charge in [0.15, 0.2) is 0 Å². The van der Waals surface area contributed by atoms with Gasteiger partial charge in [0.25, 0.3) is 5.91 Å². The minimum Gasteiger partial charge on any atom is -0.496 e. The second-order valence-electron chi connectivity index (χ2n) is 8.72. The van der Waals surface area contributed by atoms with Crippen LogP contribution in [0.1, 0.15) is 51.6 Å². The molecule has 2 aliphatic rings. The number of carbonyl (C=O) groups is 2. The van der Waals surface area contributed by atoms with E-state index in [0.717, 1.165) is 43.5 Å². The maximum Gasteiger partial charge on any atom is 0.335 e. The van der Waals surface area contributed by atoms with Crippen LogP contribution in [0.25, 0.3) is 11.1 Å². The van der Waals surface area contributed by atoms with Crippen LogP contribution < -0.4 is 4.74 Å². The summed E-state index contributed by atoms with van der Waals surface area (Å²) in [6, 6.07) is 15.0. The molecule has 1 aliphatic heterocycles. The number of likely N-dealkylation sites (tertiary alicyclic amines) is 1. The predicted molar refractivity (Wildman–Crippen MR) is 119 cm³/mol. The van der Waals surface area contributed by atoms with E-state index in [0.29, 0.717) is 17.4 Å². The minimum absolute atomic E-state index is 0.0245. The van der Waals surface area contributed by atoms with Crippen molar-refractivity contribution in [2.24, 2.45) is 5.41 Å². The number of rotatable bonds is 5. The van der Waals surface area contributed by atoms with Gasteiger partial charge >= 0.3 is 5.97 Å². The van der Waals surface area contributed by atoms with Crippen molar-refractivity contribution in [1.29, 1.82) is 0 Å². The zero-order chi connectivity index (χ0) is 22.3. The van der Waals surface area contributed by atoms with Crippen LogP contribution in [0.15, 0.2) is 54.7 Å². The number of carboxylic acids is 1. The molecule has 2 heterocycles. The molecule has 0 bridgehead atoms. The van der Waals surface area contributed by atoms with Crippen molar-refractivity contribution in [3.63, 3.8) is 0 Å². The first kappa shape index (κ1) is 20.3. The number of nitrogens with zero attached hydrogens (tertiary/aromatic N) is 2. The molecule has 1 aliphatic carbocycles. The molecule has 1 unspecified atom stereocenters. The van der Waals surface area contributed by atoms with Crippen LogP contribution in [0, 0.1) is 5.41 Å². The number of hydrogen-bond donors (Lipinski definition) is 2. The quantitative estimate of drug-likeness (QED) is 0.631. The van der Waals surface area contributed by atoms with Crippen LogP contribution >= 0.6 is 0 Å². The minimum atomic E-state index is -0.956. The maximum absolute atomic E-state index is 12.5. The lowest BCUT2D eigenvalue weighted by molar-refractivity contribution is 0.0666. The standard InChI is InChI=1S/C25H25N3O4/c1-32-22-7-6-18(24(30)31)14-19(22)16-2-4-17(5-3-16)20-15-25(20)9-12-28(13-10-25)23(29)21-8-11-26-27-21/h2-8,11,14,20H,9-10,12-13,15H2,1H3,(H,26,27)(H,30,31). The number of aromatic nitrogens is 2. The van der Waals surface area contributed by atoms with E-state index in [-0.39, 0.29) is 16.9 Å². The van der Waals surface area contributed by atoms with Crippen molar-refractivity contribution >= 4 is 11.9 Å². The number of aromatic amines is 1. The maximum atomic E-state index is 12.5. The van der Waals surface area contributed by atoms with E-state index in [2.05, 4.69) is 22.3 Å². The highest BCUT2D eigenvalue weighted by molar-refractivity contribution is 5.92. The number of hydrogen-bond acceptors (Lipinski definition) is 4. The molecule has 1 spiro atoms. The normalized spacial score (nSPS) is 19.0. The summed E-state index contributed by atoms with van der Waals surface area (Å²) in [7, 11) is 1.59. The molecule has 1 saturated heterocycles. The Hall–Kier alpha value is -3.61. The number of amides is 1. The highest BCUT2D eigenvalue weighted by Gasteiger charge is 2.55. The molecule has 1 aromatic heterocycles. The average Bonchev–Trinajstić information content (AvgIpc) is 3.24. The number of nitrogens with one attached hydrogen (secondary N) is 1. The molecule has 2 fully saturated rings. The third kappa shape index (κ3) is 3.53. The summed E-state index contributed by atoms with van der Waals surface area (Å²) in [4.78, 5) is 25.8. The van der Waals surface area contributed by atoms with Crippen molar-refractivity contribution in [2.75, 3.05) is 20.2 Å². The summed E-state index contributed by atoms with van der Waals surface area (Å²) in [6.07, 6.45) is 4.77. The van der Waals surface area contributed by atoms with E-state index in [4.69, 9.17) is 4.74 Å². The smallest absolute Gasteiger partial charge is 0.335 e. The van der Waals surface area contributed by atoms with E-state index in [1.165, 1.54) is 5.56 Å². The van der Waals surface area contributed by atoms with Gasteiger partial charge in [-0.15, -0.1) is 0 Å². The Labute approximate surface area is 186 Å². The van der Waals surface area contributed by atoms with Crippen LogP contribution in [-0.2, 0) is 0 Å². The zero-order valence-electron chi connectivity index (χ0n) is 17.9. The number of aromatic carboxylic acids is 1. The molecule has 7 heteroatoms. The van der Waals surface area contributed by atoms with E-state index >= 15 is 0 Å². The van der Waals surface area contributed by atoms with Crippen molar-refractivity contribution in [3.8, 4) is 16.9 Å². The Morgan fingerprint density at radius 1 is 1.12 bits per heavy atom. The van der Waals surface area contributed by atoms with Gasteiger partial charge in [-0.3, -0.25) is 9.89 Å². The van der Waals surface area contributed by atoms with Gasteiger partial charge in [-0.2, -0.15) is 5.10 Å². The lowest BCUT2D eigenvalue weighted by Crippen LogP contribution is -2.39. The summed E-state index contributed by atoms with van der Waals surface area (Å²) < 4.78 is 5.44. The molecule has 1 amide bonds. The Morgan fingerprint density at radius 3 is 2.50 bits per heavy atom. The molecule has 3 aromatic rings. The molecule has 2 N–H and O–H groups in total. The average molecular weight is 431 g/mol. The Bertz CT molecular complexity index is 1150. The molecule has 1 atom stereocenters. The number of carboxylic acid groups (broad SMARTS) is 1. The first-order valence-corrected chi connectivity index (χ1v) is 10.8. The number of H-pyrrole nitrogens is 1. The summed E-state index contributed by atoms with van der Waals surface area (Å²) in [6.45, 7) is 1.54. The summed E-state index contributed by atoms with van der Waals surface area (Å²) in [5.41, 5.74) is 4.08. The third-order valence-electron chi connectivity index (χ3n) is 7.04. The van der Waals surface area contributed by atoms with Crippen molar-refractivity contribution in [3.05, 3.63) is 71.5 Å². The van der Waals surface area contributed by atoms with E-state index in [1.54, 1.807) is 37.6 Å². The fourth-order valence-corrected chi connectivity index (χ4v) is 5.03.